The minimum absolute atomic E-state index is 0.0855. The molecule has 11 rings (SSSR count). The summed E-state index contributed by atoms with van der Waals surface area (Å²) < 4.78 is 17.6. The van der Waals surface area contributed by atoms with Gasteiger partial charge in [0.25, 0.3) is 0 Å². The topological polar surface area (TPSA) is 83.7 Å². The second-order valence-corrected chi connectivity index (χ2v) is 14.0. The highest BCUT2D eigenvalue weighted by Gasteiger charge is 2.29. The molecule has 0 aliphatic heterocycles. The molecule has 0 N–H and O–H groups in total. The van der Waals surface area contributed by atoms with E-state index in [2.05, 4.69) is 95.8 Å². The highest BCUT2D eigenvalue weighted by atomic mass is 16.3. The lowest BCUT2D eigenvalue weighted by molar-refractivity contribution is 0.672. The molecular weight excluding hydrogens is 653 g/mol. The van der Waals surface area contributed by atoms with Crippen molar-refractivity contribution in [2.45, 2.75) is 19.8 Å². The van der Waals surface area contributed by atoms with Crippen LogP contribution in [0.25, 0.3) is 98.9 Å². The van der Waals surface area contributed by atoms with E-state index < -0.39 is 0 Å². The lowest BCUT2D eigenvalue weighted by Crippen LogP contribution is -2.12. The number of rotatable bonds is 3. The molecule has 0 amide bonds. The van der Waals surface area contributed by atoms with Gasteiger partial charge < -0.3 is 18.0 Å². The summed E-state index contributed by atoms with van der Waals surface area (Å²) in [6.07, 6.45) is 0. The van der Waals surface area contributed by atoms with Gasteiger partial charge in [-0.1, -0.05) is 86.6 Å². The molecule has 0 spiro atoms. The van der Waals surface area contributed by atoms with Crippen LogP contribution in [0, 0.1) is 22.7 Å². The van der Waals surface area contributed by atoms with Gasteiger partial charge in [-0.15, -0.1) is 0 Å². The van der Waals surface area contributed by atoms with Crippen LogP contribution >= 0.6 is 0 Å². The molecule has 0 aliphatic rings. The van der Waals surface area contributed by atoms with E-state index >= 15 is 0 Å². The van der Waals surface area contributed by atoms with Crippen molar-refractivity contribution >= 4 is 87.5 Å². The van der Waals surface area contributed by atoms with E-state index in [9.17, 15) is 10.5 Å². The normalized spacial score (nSPS) is 12.1. The largest absolute Gasteiger partial charge is 0.455 e. The molecule has 11 aromatic rings. The zero-order valence-electron chi connectivity index (χ0n) is 28.8. The first kappa shape index (κ1) is 29.5. The minimum atomic E-state index is -0.0855. The molecule has 0 bridgehead atoms. The lowest BCUT2D eigenvalue weighted by Gasteiger charge is -2.24. The number of para-hydroxylation sites is 4. The van der Waals surface area contributed by atoms with Crippen LogP contribution in [0.15, 0.2) is 136 Å². The number of aromatic nitrogens is 2. The Morgan fingerprint density at radius 2 is 0.887 bits per heavy atom. The Balaban J connectivity index is 1.33. The Bertz CT molecular complexity index is 3240. The molecule has 6 heteroatoms. The molecule has 7 aromatic carbocycles. The van der Waals surface area contributed by atoms with E-state index in [0.717, 1.165) is 104 Å². The fraction of sp³-hybridized carbons (Fsp3) is 0.0638. The van der Waals surface area contributed by atoms with Crippen LogP contribution in [0.2, 0.25) is 0 Å². The van der Waals surface area contributed by atoms with Gasteiger partial charge in [-0.3, -0.25) is 0 Å². The molecule has 0 saturated heterocycles. The summed E-state index contributed by atoms with van der Waals surface area (Å²) in [6.45, 7) is 4.28. The van der Waals surface area contributed by atoms with Crippen LogP contribution in [0.3, 0.4) is 0 Å². The summed E-state index contributed by atoms with van der Waals surface area (Å²) in [5, 5.41) is 30.0. The number of hydrogen-bond donors (Lipinski definition) is 0. The molecule has 4 heterocycles. The van der Waals surface area contributed by atoms with Crippen LogP contribution in [0.1, 0.15) is 36.5 Å². The van der Waals surface area contributed by atoms with Gasteiger partial charge in [0.1, 0.15) is 34.5 Å². The maximum atomic E-state index is 10.9. The van der Waals surface area contributed by atoms with Crippen molar-refractivity contribution in [2.75, 3.05) is 0 Å². The molecule has 53 heavy (non-hydrogen) atoms. The SMILES string of the molecule is CC(C)c1c(-n2c3ccccc3c3c4oc5ccccc5c4ccc32)c(C#N)cc(C#N)c1-n1c2ccccc2c2c3oc4ccccc4c3ccc21. The average molecular weight is 681 g/mol. The van der Waals surface area contributed by atoms with Gasteiger partial charge >= 0.3 is 0 Å². The van der Waals surface area contributed by atoms with Crippen LogP contribution in [-0.2, 0) is 0 Å². The standard InChI is InChI=1S/C47H28N4O2/c1-26(2)41-44(50-35-15-7-3-13-33(35)42-37(50)21-19-31-29-11-5-9-17-39(29)52-46(31)42)27(24-48)23-28(25-49)45(41)51-36-16-8-4-14-34(36)43-38(51)22-20-32-30-12-6-10-18-40(30)53-47(32)43/h3-23,26H,1-2H3. The molecule has 0 aliphatic carbocycles. The van der Waals surface area contributed by atoms with Gasteiger partial charge in [-0.25, -0.2) is 0 Å². The third-order valence-electron chi connectivity index (χ3n) is 10.9. The van der Waals surface area contributed by atoms with Gasteiger partial charge in [-0.2, -0.15) is 10.5 Å². The van der Waals surface area contributed by atoms with Crippen LogP contribution in [0.5, 0.6) is 0 Å². The summed E-state index contributed by atoms with van der Waals surface area (Å²) in [7, 11) is 0. The highest BCUT2D eigenvalue weighted by Crippen LogP contribution is 2.46. The van der Waals surface area contributed by atoms with Crippen LogP contribution in [-0.4, -0.2) is 9.13 Å². The average Bonchev–Trinajstić information content (AvgIpc) is 3.94. The number of nitriles is 2. The van der Waals surface area contributed by atoms with E-state index in [4.69, 9.17) is 8.83 Å². The highest BCUT2D eigenvalue weighted by molar-refractivity contribution is 6.25. The Hall–Kier alpha value is -7.28. The molecule has 4 aromatic heterocycles. The Morgan fingerprint density at radius 1 is 0.472 bits per heavy atom. The third-order valence-corrected chi connectivity index (χ3v) is 10.9. The fourth-order valence-corrected chi connectivity index (χ4v) is 8.83. The second kappa shape index (κ2) is 10.6. The van der Waals surface area contributed by atoms with Crippen molar-refractivity contribution in [1.29, 1.82) is 10.5 Å². The maximum absolute atomic E-state index is 10.9. The summed E-state index contributed by atoms with van der Waals surface area (Å²) in [6, 6.07) is 48.1. The molecule has 248 valence electrons. The van der Waals surface area contributed by atoms with E-state index in [1.807, 2.05) is 60.7 Å². The predicted molar refractivity (Wildman–Crippen MR) is 213 cm³/mol. The quantitative estimate of drug-likeness (QED) is 0.186. The summed E-state index contributed by atoms with van der Waals surface area (Å²) in [5.74, 6) is -0.0855. The van der Waals surface area contributed by atoms with E-state index in [-0.39, 0.29) is 5.92 Å². The number of nitrogens with zero attached hydrogens (tertiary/aromatic N) is 4. The molecule has 0 saturated carbocycles. The first-order valence-electron chi connectivity index (χ1n) is 17.8. The predicted octanol–water partition coefficient (Wildman–Crippen LogP) is 12.5. The van der Waals surface area contributed by atoms with Gasteiger partial charge in [0.15, 0.2) is 0 Å². The van der Waals surface area contributed by atoms with Crippen molar-refractivity contribution in [3.05, 3.63) is 144 Å². The number of hydrogen-bond acceptors (Lipinski definition) is 4. The molecule has 0 unspecified atom stereocenters. The second-order valence-electron chi connectivity index (χ2n) is 14.0. The van der Waals surface area contributed by atoms with E-state index in [0.29, 0.717) is 11.1 Å². The van der Waals surface area contributed by atoms with E-state index in [1.165, 1.54) is 0 Å². The van der Waals surface area contributed by atoms with Gasteiger partial charge in [0.05, 0.1) is 55.3 Å². The van der Waals surface area contributed by atoms with Crippen molar-refractivity contribution in [3.63, 3.8) is 0 Å². The molecular formula is C47H28N4O2. The Morgan fingerprint density at radius 3 is 1.32 bits per heavy atom. The third kappa shape index (κ3) is 3.79. The fourth-order valence-electron chi connectivity index (χ4n) is 8.83. The molecule has 0 atom stereocenters. The monoisotopic (exact) mass is 680 g/mol. The zero-order chi connectivity index (χ0) is 35.5. The van der Waals surface area contributed by atoms with E-state index in [1.54, 1.807) is 6.07 Å². The number of fused-ring (bicyclic) bond motifs is 14. The smallest absolute Gasteiger partial charge is 0.145 e. The zero-order valence-corrected chi connectivity index (χ0v) is 28.8. The van der Waals surface area contributed by atoms with Gasteiger partial charge in [0, 0.05) is 37.9 Å². The van der Waals surface area contributed by atoms with Crippen LogP contribution < -0.4 is 0 Å². The molecule has 0 fully saturated rings. The van der Waals surface area contributed by atoms with Gasteiger partial charge in [0.2, 0.25) is 0 Å². The summed E-state index contributed by atoms with van der Waals surface area (Å²) >= 11 is 0. The van der Waals surface area contributed by atoms with Crippen molar-refractivity contribution in [2.24, 2.45) is 0 Å². The van der Waals surface area contributed by atoms with Crippen molar-refractivity contribution in [1.82, 2.24) is 9.13 Å². The van der Waals surface area contributed by atoms with Gasteiger partial charge in [-0.05, 0) is 60.5 Å². The number of furan rings is 2. The van der Waals surface area contributed by atoms with Crippen molar-refractivity contribution < 1.29 is 8.83 Å². The maximum Gasteiger partial charge on any atom is 0.145 e. The summed E-state index contributed by atoms with van der Waals surface area (Å²) in [5.41, 5.74) is 10.3. The molecule has 0 radical (unpaired) electrons. The summed E-state index contributed by atoms with van der Waals surface area (Å²) in [4.78, 5) is 0. The Kier molecular flexibility index (Phi) is 5.90. The Labute approximate surface area is 302 Å². The van der Waals surface area contributed by atoms with Crippen molar-refractivity contribution in [3.8, 4) is 23.5 Å². The van der Waals surface area contributed by atoms with Crippen LogP contribution in [0.4, 0.5) is 0 Å². The molecule has 6 nitrogen and oxygen atoms in total. The first-order chi connectivity index (χ1) is 26.1. The number of benzene rings is 7. The lowest BCUT2D eigenvalue weighted by atomic mass is 9.91. The first-order valence-corrected chi connectivity index (χ1v) is 17.8. The minimum Gasteiger partial charge on any atom is -0.455 e.